The highest BCUT2D eigenvalue weighted by atomic mass is 35.5. The number of anilines is 1. The summed E-state index contributed by atoms with van der Waals surface area (Å²) in [5, 5.41) is 3.28. The van der Waals surface area contributed by atoms with E-state index in [-0.39, 0.29) is 18.0 Å². The third-order valence-corrected chi connectivity index (χ3v) is 5.14. The highest BCUT2D eigenvalue weighted by molar-refractivity contribution is 6.33. The fraction of sp³-hybridized carbons (Fsp3) is 0.130. The van der Waals surface area contributed by atoms with Crippen LogP contribution >= 0.6 is 11.6 Å². The summed E-state index contributed by atoms with van der Waals surface area (Å²) in [6.45, 7) is 2.01. The number of halogens is 1. The van der Waals surface area contributed by atoms with Crippen molar-refractivity contribution < 1.29 is 14.3 Å². The first-order chi connectivity index (χ1) is 13.5. The van der Waals surface area contributed by atoms with Crippen LogP contribution in [0.3, 0.4) is 0 Å². The summed E-state index contributed by atoms with van der Waals surface area (Å²) in [4.78, 5) is 25.0. The van der Waals surface area contributed by atoms with Crippen molar-refractivity contribution in [2.45, 2.75) is 19.4 Å². The second kappa shape index (κ2) is 7.49. The third kappa shape index (κ3) is 3.64. The van der Waals surface area contributed by atoms with Crippen molar-refractivity contribution in [2.75, 3.05) is 5.32 Å². The predicted octanol–water partition coefficient (Wildman–Crippen LogP) is 5.35. The van der Waals surface area contributed by atoms with Crippen LogP contribution in [0.2, 0.25) is 5.02 Å². The summed E-state index contributed by atoms with van der Waals surface area (Å²) < 4.78 is 5.59. The first kappa shape index (κ1) is 18.3. The molecule has 5 heteroatoms. The third-order valence-electron chi connectivity index (χ3n) is 4.81. The second-order valence-corrected chi connectivity index (χ2v) is 7.22. The van der Waals surface area contributed by atoms with Crippen molar-refractivity contribution in [1.29, 1.82) is 0 Å². The van der Waals surface area contributed by atoms with Gasteiger partial charge < -0.3 is 10.1 Å². The summed E-state index contributed by atoms with van der Waals surface area (Å²) in [7, 11) is 0. The van der Waals surface area contributed by atoms with E-state index in [0.717, 1.165) is 16.7 Å². The molecule has 4 nitrogen and oxygen atoms in total. The minimum atomic E-state index is -0.370. The van der Waals surface area contributed by atoms with E-state index in [1.807, 2.05) is 31.2 Å². The Morgan fingerprint density at radius 1 is 1.07 bits per heavy atom. The molecule has 0 saturated heterocycles. The summed E-state index contributed by atoms with van der Waals surface area (Å²) >= 11 is 6.11. The molecule has 28 heavy (non-hydrogen) atoms. The number of cyclic esters (lactones) is 1. The number of carbonyl (C=O) groups is 2. The van der Waals surface area contributed by atoms with E-state index in [0.29, 0.717) is 28.3 Å². The van der Waals surface area contributed by atoms with Gasteiger partial charge in [0.2, 0.25) is 0 Å². The van der Waals surface area contributed by atoms with Gasteiger partial charge >= 0.3 is 5.97 Å². The molecule has 0 saturated carbocycles. The second-order valence-electron chi connectivity index (χ2n) is 6.81. The van der Waals surface area contributed by atoms with Gasteiger partial charge in [-0.25, -0.2) is 4.79 Å². The monoisotopic (exact) mass is 391 g/mol. The number of amides is 1. The number of esters is 1. The molecule has 1 atom stereocenters. The first-order valence-electron chi connectivity index (χ1n) is 8.97. The average molecular weight is 392 g/mol. The lowest BCUT2D eigenvalue weighted by Crippen LogP contribution is -2.23. The Balaban J connectivity index is 1.60. The van der Waals surface area contributed by atoms with Crippen LogP contribution in [0.4, 0.5) is 5.69 Å². The number of ether oxygens (including phenoxy) is 1. The molecule has 140 valence electrons. The highest BCUT2D eigenvalue weighted by Gasteiger charge is 2.28. The van der Waals surface area contributed by atoms with Crippen LogP contribution in [-0.4, -0.2) is 11.9 Å². The molecule has 1 N–H and O–H groups in total. The van der Waals surface area contributed by atoms with Gasteiger partial charge in [-0.1, -0.05) is 53.6 Å². The van der Waals surface area contributed by atoms with E-state index in [1.54, 1.807) is 42.5 Å². The maximum Gasteiger partial charge on any atom is 0.339 e. The SMILES string of the molecule is Cc1ccc(C2Cc3cc(C(=O)Nc4ccccc4Cl)ccc3C(=O)O2)cc1. The number of aryl methyl sites for hydroxylation is 1. The van der Waals surface area contributed by atoms with Crippen molar-refractivity contribution in [3.63, 3.8) is 0 Å². The topological polar surface area (TPSA) is 55.4 Å². The number of hydrogen-bond acceptors (Lipinski definition) is 3. The van der Waals surface area contributed by atoms with Gasteiger partial charge in [-0.2, -0.15) is 0 Å². The van der Waals surface area contributed by atoms with E-state index in [1.165, 1.54) is 0 Å². The van der Waals surface area contributed by atoms with E-state index >= 15 is 0 Å². The normalized spacial score (nSPS) is 15.5. The Hall–Kier alpha value is -3.11. The molecular weight excluding hydrogens is 374 g/mol. The largest absolute Gasteiger partial charge is 0.454 e. The van der Waals surface area contributed by atoms with Crippen LogP contribution in [-0.2, 0) is 11.2 Å². The number of benzene rings is 3. The quantitative estimate of drug-likeness (QED) is 0.612. The molecule has 4 rings (SSSR count). The smallest absolute Gasteiger partial charge is 0.339 e. The van der Waals surface area contributed by atoms with Crippen molar-refractivity contribution >= 4 is 29.2 Å². The molecule has 1 aliphatic heterocycles. The van der Waals surface area contributed by atoms with Gasteiger partial charge in [-0.3, -0.25) is 4.79 Å². The Morgan fingerprint density at radius 2 is 1.82 bits per heavy atom. The molecule has 1 unspecified atom stereocenters. The minimum absolute atomic E-state index is 0.276. The number of nitrogens with one attached hydrogen (secondary N) is 1. The molecule has 0 aliphatic carbocycles. The number of fused-ring (bicyclic) bond motifs is 1. The molecule has 1 heterocycles. The van der Waals surface area contributed by atoms with Crippen molar-refractivity contribution in [3.8, 4) is 0 Å². The summed E-state index contributed by atoms with van der Waals surface area (Å²) in [6.07, 6.45) is 0.166. The standard InChI is InChI=1S/C23H18ClNO3/c1-14-6-8-15(9-7-14)21-13-17-12-16(10-11-18(17)23(27)28-21)22(26)25-20-5-3-2-4-19(20)24/h2-12,21H,13H2,1H3,(H,25,26). The lowest BCUT2D eigenvalue weighted by molar-refractivity contribution is 0.0252. The lowest BCUT2D eigenvalue weighted by atomic mass is 9.92. The van der Waals surface area contributed by atoms with E-state index < -0.39 is 0 Å². The Kier molecular flexibility index (Phi) is 4.88. The molecule has 0 fully saturated rings. The number of rotatable bonds is 3. The predicted molar refractivity (Wildman–Crippen MR) is 109 cm³/mol. The molecule has 1 aliphatic rings. The van der Waals surface area contributed by atoms with Gasteiger partial charge in [0.05, 0.1) is 16.3 Å². The molecule has 3 aromatic carbocycles. The van der Waals surface area contributed by atoms with Crippen LogP contribution in [0.25, 0.3) is 0 Å². The molecule has 0 spiro atoms. The first-order valence-corrected chi connectivity index (χ1v) is 9.35. The van der Waals surface area contributed by atoms with E-state index in [9.17, 15) is 9.59 Å². The van der Waals surface area contributed by atoms with Gasteiger partial charge in [0, 0.05) is 12.0 Å². The van der Waals surface area contributed by atoms with Gasteiger partial charge in [-0.05, 0) is 48.4 Å². The molecular formula is C23H18ClNO3. The zero-order chi connectivity index (χ0) is 19.7. The summed E-state index contributed by atoms with van der Waals surface area (Å²) in [5.41, 5.74) is 4.39. The highest BCUT2D eigenvalue weighted by Crippen LogP contribution is 2.31. The minimum Gasteiger partial charge on any atom is -0.454 e. The molecule has 0 bridgehead atoms. The summed E-state index contributed by atoms with van der Waals surface area (Å²) in [5.74, 6) is -0.647. The van der Waals surface area contributed by atoms with Crippen LogP contribution < -0.4 is 5.32 Å². The average Bonchev–Trinajstić information content (AvgIpc) is 2.69. The Morgan fingerprint density at radius 3 is 2.57 bits per heavy atom. The lowest BCUT2D eigenvalue weighted by Gasteiger charge is -2.25. The van der Waals surface area contributed by atoms with E-state index in [4.69, 9.17) is 16.3 Å². The van der Waals surface area contributed by atoms with Crippen LogP contribution in [0.1, 0.15) is 43.5 Å². The van der Waals surface area contributed by atoms with Gasteiger partial charge in [0.15, 0.2) is 0 Å². The molecule has 0 radical (unpaired) electrons. The summed E-state index contributed by atoms with van der Waals surface area (Å²) in [6, 6.07) is 20.0. The van der Waals surface area contributed by atoms with Crippen molar-refractivity contribution in [1.82, 2.24) is 0 Å². The van der Waals surface area contributed by atoms with Gasteiger partial charge in [0.25, 0.3) is 5.91 Å². The van der Waals surface area contributed by atoms with Gasteiger partial charge in [-0.15, -0.1) is 0 Å². The zero-order valence-electron chi connectivity index (χ0n) is 15.2. The fourth-order valence-corrected chi connectivity index (χ4v) is 3.44. The van der Waals surface area contributed by atoms with Crippen LogP contribution in [0, 0.1) is 6.92 Å². The van der Waals surface area contributed by atoms with Crippen molar-refractivity contribution in [2.24, 2.45) is 0 Å². The number of para-hydroxylation sites is 1. The number of carbonyl (C=O) groups excluding carboxylic acids is 2. The molecule has 3 aromatic rings. The number of hydrogen-bond donors (Lipinski definition) is 1. The maximum atomic E-state index is 12.6. The molecule has 1 amide bonds. The maximum absolute atomic E-state index is 12.6. The van der Waals surface area contributed by atoms with E-state index in [2.05, 4.69) is 5.32 Å². The van der Waals surface area contributed by atoms with Crippen LogP contribution in [0.5, 0.6) is 0 Å². The fourth-order valence-electron chi connectivity index (χ4n) is 3.26. The zero-order valence-corrected chi connectivity index (χ0v) is 16.0. The van der Waals surface area contributed by atoms with Gasteiger partial charge in [0.1, 0.15) is 6.10 Å². The Labute approximate surface area is 168 Å². The van der Waals surface area contributed by atoms with Crippen LogP contribution in [0.15, 0.2) is 66.7 Å². The van der Waals surface area contributed by atoms with Crippen molar-refractivity contribution in [3.05, 3.63) is 99.6 Å². The Bertz CT molecular complexity index is 1060. The molecule has 0 aromatic heterocycles.